The fraction of sp³-hybridized carbons (Fsp3) is 0.368. The number of ether oxygens (including phenoxy) is 1. The second-order valence-electron chi connectivity index (χ2n) is 6.05. The lowest BCUT2D eigenvalue weighted by atomic mass is 9.97. The first-order valence-electron chi connectivity index (χ1n) is 7.50. The highest BCUT2D eigenvalue weighted by molar-refractivity contribution is 5.44. The van der Waals surface area contributed by atoms with E-state index in [2.05, 4.69) is 36.4 Å². The Morgan fingerprint density at radius 1 is 1.10 bits per heavy atom. The van der Waals surface area contributed by atoms with E-state index in [0.29, 0.717) is 11.8 Å². The van der Waals surface area contributed by atoms with E-state index in [0.717, 1.165) is 28.9 Å². The molecule has 0 amide bonds. The summed E-state index contributed by atoms with van der Waals surface area (Å²) in [6.45, 7) is 4.06. The van der Waals surface area contributed by atoms with Gasteiger partial charge < -0.3 is 9.84 Å². The van der Waals surface area contributed by atoms with Crippen molar-refractivity contribution in [3.8, 4) is 5.75 Å². The molecule has 1 aliphatic carbocycles. The van der Waals surface area contributed by atoms with Crippen molar-refractivity contribution in [3.05, 3.63) is 64.7 Å². The van der Waals surface area contributed by atoms with E-state index < -0.39 is 6.10 Å². The summed E-state index contributed by atoms with van der Waals surface area (Å²) >= 11 is 0. The Labute approximate surface area is 126 Å². The van der Waals surface area contributed by atoms with E-state index >= 15 is 0 Å². The molecule has 2 aromatic carbocycles. The Balaban J connectivity index is 1.80. The highest BCUT2D eigenvalue weighted by atomic mass is 16.5. The van der Waals surface area contributed by atoms with Crippen molar-refractivity contribution >= 4 is 0 Å². The van der Waals surface area contributed by atoms with Crippen LogP contribution in [0.3, 0.4) is 0 Å². The minimum Gasteiger partial charge on any atom is -0.496 e. The molecule has 0 heterocycles. The molecule has 3 unspecified atom stereocenters. The van der Waals surface area contributed by atoms with E-state index in [9.17, 15) is 5.11 Å². The van der Waals surface area contributed by atoms with Crippen molar-refractivity contribution in [2.75, 3.05) is 7.11 Å². The number of aliphatic hydroxyl groups excluding tert-OH is 1. The molecule has 0 bridgehead atoms. The topological polar surface area (TPSA) is 29.5 Å². The molecular weight excluding hydrogens is 260 g/mol. The van der Waals surface area contributed by atoms with Crippen LogP contribution in [0.25, 0.3) is 0 Å². The first-order valence-corrected chi connectivity index (χ1v) is 7.50. The molecule has 0 saturated heterocycles. The van der Waals surface area contributed by atoms with Gasteiger partial charge in [-0.2, -0.15) is 0 Å². The lowest BCUT2D eigenvalue weighted by molar-refractivity contribution is 0.151. The second kappa shape index (κ2) is 5.53. The van der Waals surface area contributed by atoms with Gasteiger partial charge in [-0.3, -0.25) is 0 Å². The molecule has 1 N–H and O–H groups in total. The summed E-state index contributed by atoms with van der Waals surface area (Å²) in [5, 5.41) is 10.7. The molecular formula is C19H22O2. The molecule has 3 atom stereocenters. The third-order valence-electron chi connectivity index (χ3n) is 4.50. The molecule has 0 spiro atoms. The molecule has 21 heavy (non-hydrogen) atoms. The zero-order chi connectivity index (χ0) is 15.0. The van der Waals surface area contributed by atoms with Crippen molar-refractivity contribution in [1.29, 1.82) is 0 Å². The Hall–Kier alpha value is -1.80. The third-order valence-corrected chi connectivity index (χ3v) is 4.50. The predicted molar refractivity (Wildman–Crippen MR) is 84.7 cm³/mol. The van der Waals surface area contributed by atoms with Crippen LogP contribution in [0.4, 0.5) is 0 Å². The van der Waals surface area contributed by atoms with Gasteiger partial charge in [0.05, 0.1) is 13.2 Å². The second-order valence-corrected chi connectivity index (χ2v) is 6.05. The Morgan fingerprint density at radius 3 is 2.29 bits per heavy atom. The van der Waals surface area contributed by atoms with Crippen molar-refractivity contribution in [2.45, 2.75) is 32.3 Å². The van der Waals surface area contributed by atoms with E-state index in [4.69, 9.17) is 4.74 Å². The summed E-state index contributed by atoms with van der Waals surface area (Å²) < 4.78 is 5.40. The average Bonchev–Trinajstić information content (AvgIpc) is 3.27. The van der Waals surface area contributed by atoms with Gasteiger partial charge in [0.1, 0.15) is 5.75 Å². The van der Waals surface area contributed by atoms with Crippen molar-refractivity contribution in [3.63, 3.8) is 0 Å². The summed E-state index contributed by atoms with van der Waals surface area (Å²) in [7, 11) is 1.69. The normalized spacial score (nSPS) is 21.9. The van der Waals surface area contributed by atoms with Crippen LogP contribution in [0, 0.1) is 19.8 Å². The molecule has 1 aliphatic rings. The SMILES string of the molecule is COc1c(C)cc(C(O)C2CC2c2ccccc2)cc1C. The first kappa shape index (κ1) is 14.2. The average molecular weight is 282 g/mol. The zero-order valence-electron chi connectivity index (χ0n) is 12.8. The van der Waals surface area contributed by atoms with Crippen LogP contribution in [0.5, 0.6) is 5.75 Å². The largest absolute Gasteiger partial charge is 0.496 e. The highest BCUT2D eigenvalue weighted by Crippen LogP contribution is 2.54. The van der Waals surface area contributed by atoms with Crippen LogP contribution in [-0.4, -0.2) is 12.2 Å². The predicted octanol–water partition coefficient (Wildman–Crippen LogP) is 4.15. The standard InChI is InChI=1S/C19H22O2/c1-12-9-15(10-13(2)19(12)21-3)18(20)17-11-16(17)14-7-5-4-6-8-14/h4-10,16-18,20H,11H2,1-3H3. The lowest BCUT2D eigenvalue weighted by Gasteiger charge is -2.16. The van der Waals surface area contributed by atoms with Crippen LogP contribution in [0.15, 0.2) is 42.5 Å². The minimum absolute atomic E-state index is 0.333. The van der Waals surface area contributed by atoms with Crippen molar-refractivity contribution < 1.29 is 9.84 Å². The summed E-state index contributed by atoms with van der Waals surface area (Å²) in [5.41, 5.74) is 4.52. The van der Waals surface area contributed by atoms with Gasteiger partial charge in [-0.1, -0.05) is 30.3 Å². The smallest absolute Gasteiger partial charge is 0.124 e. The maximum atomic E-state index is 10.7. The fourth-order valence-electron chi connectivity index (χ4n) is 3.37. The van der Waals surface area contributed by atoms with Crippen LogP contribution in [0.2, 0.25) is 0 Å². The summed E-state index contributed by atoms with van der Waals surface area (Å²) in [4.78, 5) is 0. The van der Waals surface area contributed by atoms with Crippen LogP contribution < -0.4 is 4.74 Å². The number of aryl methyl sites for hydroxylation is 2. The molecule has 0 radical (unpaired) electrons. The number of hydrogen-bond acceptors (Lipinski definition) is 2. The Bertz CT molecular complexity index is 610. The molecule has 0 aromatic heterocycles. The maximum Gasteiger partial charge on any atom is 0.124 e. The summed E-state index contributed by atoms with van der Waals surface area (Å²) in [6, 6.07) is 14.6. The molecule has 2 nitrogen and oxygen atoms in total. The Kier molecular flexibility index (Phi) is 3.73. The fourth-order valence-corrected chi connectivity index (χ4v) is 3.37. The van der Waals surface area contributed by atoms with E-state index in [1.165, 1.54) is 5.56 Å². The van der Waals surface area contributed by atoms with Gasteiger partial charge in [-0.05, 0) is 66.5 Å². The van der Waals surface area contributed by atoms with Gasteiger partial charge in [0.15, 0.2) is 0 Å². The minimum atomic E-state index is -0.390. The van der Waals surface area contributed by atoms with Gasteiger partial charge >= 0.3 is 0 Å². The van der Waals surface area contributed by atoms with Crippen LogP contribution in [-0.2, 0) is 0 Å². The van der Waals surface area contributed by atoms with Gasteiger partial charge in [-0.15, -0.1) is 0 Å². The number of aliphatic hydroxyl groups is 1. The van der Waals surface area contributed by atoms with E-state index in [1.807, 2.05) is 19.9 Å². The van der Waals surface area contributed by atoms with E-state index in [-0.39, 0.29) is 0 Å². The summed E-state index contributed by atoms with van der Waals surface area (Å²) in [6.07, 6.45) is 0.675. The van der Waals surface area contributed by atoms with Gasteiger partial charge in [-0.25, -0.2) is 0 Å². The van der Waals surface area contributed by atoms with Gasteiger partial charge in [0.25, 0.3) is 0 Å². The zero-order valence-corrected chi connectivity index (χ0v) is 12.8. The Morgan fingerprint density at radius 2 is 1.71 bits per heavy atom. The number of hydrogen-bond donors (Lipinski definition) is 1. The lowest BCUT2D eigenvalue weighted by Crippen LogP contribution is -2.03. The van der Waals surface area contributed by atoms with Crippen LogP contribution in [0.1, 0.15) is 40.7 Å². The molecule has 110 valence electrons. The van der Waals surface area contributed by atoms with Crippen LogP contribution >= 0.6 is 0 Å². The molecule has 2 aromatic rings. The number of methoxy groups -OCH3 is 1. The first-order chi connectivity index (χ1) is 10.1. The third kappa shape index (κ3) is 2.68. The molecule has 3 rings (SSSR count). The van der Waals surface area contributed by atoms with Gasteiger partial charge in [0, 0.05) is 0 Å². The number of rotatable bonds is 4. The van der Waals surface area contributed by atoms with Crippen molar-refractivity contribution in [2.24, 2.45) is 5.92 Å². The van der Waals surface area contributed by atoms with Crippen molar-refractivity contribution in [1.82, 2.24) is 0 Å². The van der Waals surface area contributed by atoms with Gasteiger partial charge in [0.2, 0.25) is 0 Å². The molecule has 1 saturated carbocycles. The molecule has 2 heteroatoms. The monoisotopic (exact) mass is 282 g/mol. The molecule has 0 aliphatic heterocycles. The highest BCUT2D eigenvalue weighted by Gasteiger charge is 2.43. The molecule has 1 fully saturated rings. The van der Waals surface area contributed by atoms with E-state index in [1.54, 1.807) is 7.11 Å². The maximum absolute atomic E-state index is 10.7. The quantitative estimate of drug-likeness (QED) is 0.913. The number of benzene rings is 2. The summed E-state index contributed by atoms with van der Waals surface area (Å²) in [5.74, 6) is 1.74.